The lowest BCUT2D eigenvalue weighted by molar-refractivity contribution is 0.460. The van der Waals surface area contributed by atoms with Crippen LogP contribution < -0.4 is 5.32 Å². The van der Waals surface area contributed by atoms with Gasteiger partial charge in [-0.25, -0.2) is 0 Å². The zero-order chi connectivity index (χ0) is 12.2. The highest BCUT2D eigenvalue weighted by molar-refractivity contribution is 5.60. The summed E-state index contributed by atoms with van der Waals surface area (Å²) in [7, 11) is 0. The second-order valence-corrected chi connectivity index (χ2v) is 4.26. The fourth-order valence-electron chi connectivity index (χ4n) is 1.98. The number of rotatable bonds is 4. The molecule has 0 radical (unpaired) electrons. The van der Waals surface area contributed by atoms with E-state index in [-0.39, 0.29) is 0 Å². The molecule has 0 unspecified atom stereocenters. The lowest BCUT2D eigenvalue weighted by Gasteiger charge is -2.13. The summed E-state index contributed by atoms with van der Waals surface area (Å²) in [4.78, 5) is 6.39. The fraction of sp³-hybridized carbons (Fsp3) is 0.214. The molecule has 4 heteroatoms. The number of hydrogen-bond acceptors (Lipinski definition) is 4. The van der Waals surface area contributed by atoms with Gasteiger partial charge in [0.05, 0.1) is 19.1 Å². The van der Waals surface area contributed by atoms with E-state index in [4.69, 9.17) is 4.42 Å². The molecule has 0 amide bonds. The highest BCUT2D eigenvalue weighted by Crippen LogP contribution is 2.23. The van der Waals surface area contributed by atoms with E-state index in [1.54, 1.807) is 6.26 Å². The van der Waals surface area contributed by atoms with Gasteiger partial charge in [-0.1, -0.05) is 18.2 Å². The Balaban J connectivity index is 1.73. The standard InChI is InChI=1S/C14H15N3O/c1-2-4-13(5-3-1)16-14-12(6-9-18-14)10-17-8-7-15-11-17/h1-6,9,11,16H,7-8,10H2. The van der Waals surface area contributed by atoms with Crippen molar-refractivity contribution in [2.24, 2.45) is 4.99 Å². The third-order valence-corrected chi connectivity index (χ3v) is 2.91. The van der Waals surface area contributed by atoms with Gasteiger partial charge in [-0.2, -0.15) is 0 Å². The van der Waals surface area contributed by atoms with Gasteiger partial charge in [0, 0.05) is 24.3 Å². The molecule has 0 spiro atoms. The zero-order valence-electron chi connectivity index (χ0n) is 10.0. The average Bonchev–Trinajstić information content (AvgIpc) is 3.04. The minimum Gasteiger partial charge on any atom is -0.448 e. The highest BCUT2D eigenvalue weighted by Gasteiger charge is 2.11. The third kappa shape index (κ3) is 2.37. The average molecular weight is 241 g/mol. The summed E-state index contributed by atoms with van der Waals surface area (Å²) in [6.45, 7) is 2.70. The van der Waals surface area contributed by atoms with E-state index in [2.05, 4.69) is 15.2 Å². The Bertz CT molecular complexity index is 533. The third-order valence-electron chi connectivity index (χ3n) is 2.91. The number of nitrogens with zero attached hydrogens (tertiary/aromatic N) is 2. The maximum absolute atomic E-state index is 5.50. The van der Waals surface area contributed by atoms with Crippen LogP contribution in [-0.4, -0.2) is 24.3 Å². The first-order valence-electron chi connectivity index (χ1n) is 6.04. The molecule has 1 aliphatic heterocycles. The van der Waals surface area contributed by atoms with Crippen LogP contribution in [0.1, 0.15) is 5.56 Å². The summed E-state index contributed by atoms with van der Waals surface area (Å²) in [6, 6.07) is 12.0. The van der Waals surface area contributed by atoms with Crippen LogP contribution in [0.4, 0.5) is 11.6 Å². The predicted molar refractivity (Wildman–Crippen MR) is 72.2 cm³/mol. The van der Waals surface area contributed by atoms with Crippen LogP contribution in [0.15, 0.2) is 52.1 Å². The van der Waals surface area contributed by atoms with E-state index in [9.17, 15) is 0 Å². The Labute approximate surface area is 106 Å². The summed E-state index contributed by atoms with van der Waals surface area (Å²) >= 11 is 0. The summed E-state index contributed by atoms with van der Waals surface area (Å²) in [5.74, 6) is 0.807. The summed E-state index contributed by atoms with van der Waals surface area (Å²) < 4.78 is 5.50. The molecular weight excluding hydrogens is 226 g/mol. The number of anilines is 2. The van der Waals surface area contributed by atoms with Crippen LogP contribution in [0.25, 0.3) is 0 Å². The molecule has 1 aromatic carbocycles. The van der Waals surface area contributed by atoms with Crippen molar-refractivity contribution in [2.75, 3.05) is 18.4 Å². The largest absolute Gasteiger partial charge is 0.448 e. The Kier molecular flexibility index (Phi) is 3.00. The van der Waals surface area contributed by atoms with Crippen LogP contribution in [0.2, 0.25) is 0 Å². The molecule has 1 aromatic heterocycles. The van der Waals surface area contributed by atoms with E-state index >= 15 is 0 Å². The molecule has 0 fully saturated rings. The topological polar surface area (TPSA) is 40.8 Å². The number of aliphatic imine (C=N–C) groups is 1. The molecule has 18 heavy (non-hydrogen) atoms. The monoisotopic (exact) mass is 241 g/mol. The van der Waals surface area contributed by atoms with Gasteiger partial charge in [-0.15, -0.1) is 0 Å². The lowest BCUT2D eigenvalue weighted by Crippen LogP contribution is -2.18. The Morgan fingerprint density at radius 2 is 2.11 bits per heavy atom. The number of benzene rings is 1. The molecule has 3 rings (SSSR count). The second kappa shape index (κ2) is 4.96. The second-order valence-electron chi connectivity index (χ2n) is 4.26. The quantitative estimate of drug-likeness (QED) is 0.894. The Morgan fingerprint density at radius 3 is 2.89 bits per heavy atom. The zero-order valence-corrected chi connectivity index (χ0v) is 10.0. The van der Waals surface area contributed by atoms with Crippen LogP contribution >= 0.6 is 0 Å². The van der Waals surface area contributed by atoms with Gasteiger partial charge >= 0.3 is 0 Å². The molecular formula is C14H15N3O. The van der Waals surface area contributed by atoms with Gasteiger partial charge in [-0.3, -0.25) is 4.99 Å². The van der Waals surface area contributed by atoms with Crippen molar-refractivity contribution in [3.05, 3.63) is 48.2 Å². The Morgan fingerprint density at radius 1 is 1.22 bits per heavy atom. The first-order chi connectivity index (χ1) is 8.92. The highest BCUT2D eigenvalue weighted by atomic mass is 16.3. The van der Waals surface area contributed by atoms with Gasteiger partial charge in [0.1, 0.15) is 0 Å². The SMILES string of the molecule is C1=NCCN1Cc1ccoc1Nc1ccccc1. The molecule has 92 valence electrons. The maximum atomic E-state index is 5.50. The lowest BCUT2D eigenvalue weighted by atomic mass is 10.2. The fourth-order valence-corrected chi connectivity index (χ4v) is 1.98. The molecule has 4 nitrogen and oxygen atoms in total. The molecule has 2 aromatic rings. The van der Waals surface area contributed by atoms with Gasteiger partial charge in [0.25, 0.3) is 0 Å². The molecule has 0 saturated heterocycles. The maximum Gasteiger partial charge on any atom is 0.202 e. The minimum absolute atomic E-state index is 0.807. The van der Waals surface area contributed by atoms with E-state index in [0.717, 1.165) is 36.8 Å². The number of furan rings is 1. The number of para-hydroxylation sites is 1. The van der Waals surface area contributed by atoms with Crippen LogP contribution in [0.3, 0.4) is 0 Å². The molecule has 0 saturated carbocycles. The van der Waals surface area contributed by atoms with Crippen molar-refractivity contribution < 1.29 is 4.42 Å². The first kappa shape index (κ1) is 10.9. The van der Waals surface area contributed by atoms with E-state index in [1.165, 1.54) is 0 Å². The molecule has 0 atom stereocenters. The molecule has 1 aliphatic rings. The van der Waals surface area contributed by atoms with Crippen LogP contribution in [0.5, 0.6) is 0 Å². The van der Waals surface area contributed by atoms with Crippen molar-refractivity contribution in [3.8, 4) is 0 Å². The number of nitrogens with one attached hydrogen (secondary N) is 1. The van der Waals surface area contributed by atoms with Gasteiger partial charge in [0.2, 0.25) is 5.88 Å². The summed E-state index contributed by atoms with van der Waals surface area (Å²) in [6.07, 6.45) is 3.62. The van der Waals surface area contributed by atoms with Gasteiger partial charge in [0.15, 0.2) is 0 Å². The number of hydrogen-bond donors (Lipinski definition) is 1. The van der Waals surface area contributed by atoms with E-state index in [1.807, 2.05) is 42.7 Å². The molecule has 1 N–H and O–H groups in total. The van der Waals surface area contributed by atoms with Crippen LogP contribution in [0, 0.1) is 0 Å². The van der Waals surface area contributed by atoms with Gasteiger partial charge in [-0.05, 0) is 18.2 Å². The normalized spacial score (nSPS) is 14.1. The smallest absolute Gasteiger partial charge is 0.202 e. The summed E-state index contributed by atoms with van der Waals surface area (Å²) in [5.41, 5.74) is 2.18. The van der Waals surface area contributed by atoms with E-state index in [0.29, 0.717) is 0 Å². The predicted octanol–water partition coefficient (Wildman–Crippen LogP) is 2.87. The van der Waals surface area contributed by atoms with Crippen molar-refractivity contribution in [1.82, 2.24) is 4.90 Å². The molecule has 0 aliphatic carbocycles. The molecule has 2 heterocycles. The van der Waals surface area contributed by atoms with Crippen molar-refractivity contribution in [2.45, 2.75) is 6.54 Å². The first-order valence-corrected chi connectivity index (χ1v) is 6.04. The van der Waals surface area contributed by atoms with Crippen molar-refractivity contribution in [1.29, 1.82) is 0 Å². The van der Waals surface area contributed by atoms with Crippen molar-refractivity contribution >= 4 is 17.9 Å². The van der Waals surface area contributed by atoms with Crippen molar-refractivity contribution in [3.63, 3.8) is 0 Å². The van der Waals surface area contributed by atoms with Crippen LogP contribution in [-0.2, 0) is 6.54 Å². The van der Waals surface area contributed by atoms with E-state index < -0.39 is 0 Å². The Hall–Kier alpha value is -2.23. The summed E-state index contributed by atoms with van der Waals surface area (Å²) in [5, 5.41) is 3.29. The molecule has 0 bridgehead atoms. The minimum atomic E-state index is 0.807. The van der Waals surface area contributed by atoms with Gasteiger partial charge < -0.3 is 14.6 Å².